The molecular formula is C11H13N5. The van der Waals surface area contributed by atoms with Crippen molar-refractivity contribution in [1.82, 2.24) is 15.0 Å². The second-order valence-corrected chi connectivity index (χ2v) is 3.45. The molecule has 2 N–H and O–H groups in total. The second kappa shape index (κ2) is 4.57. The highest BCUT2D eigenvalue weighted by Gasteiger charge is 2.08. The highest BCUT2D eigenvalue weighted by atomic mass is 15.4. The number of benzene rings is 1. The quantitative estimate of drug-likeness (QED) is 0.777. The number of aromatic nitrogens is 3. The molecular weight excluding hydrogens is 202 g/mol. The van der Waals surface area contributed by atoms with Gasteiger partial charge in [-0.2, -0.15) is 0 Å². The SMILES string of the molecule is C=NCc1nnn(Cc2ccccc2)c1N. The molecule has 0 aliphatic rings. The topological polar surface area (TPSA) is 69.1 Å². The first-order chi connectivity index (χ1) is 7.81. The molecule has 0 aliphatic carbocycles. The Bertz CT molecular complexity index is 474. The molecule has 0 saturated carbocycles. The minimum Gasteiger partial charge on any atom is -0.382 e. The molecule has 82 valence electrons. The summed E-state index contributed by atoms with van der Waals surface area (Å²) in [5, 5.41) is 7.94. The summed E-state index contributed by atoms with van der Waals surface area (Å²) in [4.78, 5) is 3.74. The normalized spacial score (nSPS) is 10.2. The Morgan fingerprint density at radius 3 is 2.75 bits per heavy atom. The van der Waals surface area contributed by atoms with Crippen molar-refractivity contribution in [1.29, 1.82) is 0 Å². The zero-order valence-corrected chi connectivity index (χ0v) is 8.87. The Morgan fingerprint density at radius 1 is 1.31 bits per heavy atom. The lowest BCUT2D eigenvalue weighted by Crippen LogP contribution is -2.06. The van der Waals surface area contributed by atoms with Gasteiger partial charge < -0.3 is 5.73 Å². The van der Waals surface area contributed by atoms with E-state index in [1.807, 2.05) is 30.3 Å². The fourth-order valence-corrected chi connectivity index (χ4v) is 1.45. The van der Waals surface area contributed by atoms with Crippen LogP contribution in [0.3, 0.4) is 0 Å². The lowest BCUT2D eigenvalue weighted by molar-refractivity contribution is 0.657. The lowest BCUT2D eigenvalue weighted by Gasteiger charge is -2.02. The first kappa shape index (κ1) is 10.4. The van der Waals surface area contributed by atoms with Crippen molar-refractivity contribution in [2.75, 3.05) is 5.73 Å². The van der Waals surface area contributed by atoms with Gasteiger partial charge in [0.2, 0.25) is 0 Å². The summed E-state index contributed by atoms with van der Waals surface area (Å²) in [6.45, 7) is 4.43. The summed E-state index contributed by atoms with van der Waals surface area (Å²) < 4.78 is 1.66. The first-order valence-corrected chi connectivity index (χ1v) is 4.95. The molecule has 0 radical (unpaired) electrons. The number of nitrogen functional groups attached to an aromatic ring is 1. The molecule has 1 aromatic heterocycles. The van der Waals surface area contributed by atoms with Gasteiger partial charge in [-0.25, -0.2) is 4.68 Å². The third-order valence-electron chi connectivity index (χ3n) is 2.28. The van der Waals surface area contributed by atoms with Crippen LogP contribution in [0, 0.1) is 0 Å². The van der Waals surface area contributed by atoms with Crippen LogP contribution in [0.25, 0.3) is 0 Å². The van der Waals surface area contributed by atoms with Crippen LogP contribution in [0.15, 0.2) is 35.3 Å². The summed E-state index contributed by atoms with van der Waals surface area (Å²) in [5.41, 5.74) is 7.70. The van der Waals surface area contributed by atoms with Crippen molar-refractivity contribution < 1.29 is 0 Å². The van der Waals surface area contributed by atoms with Crippen LogP contribution < -0.4 is 5.73 Å². The Kier molecular flexibility index (Phi) is 2.95. The Balaban J connectivity index is 2.19. The van der Waals surface area contributed by atoms with Crippen molar-refractivity contribution in [3.63, 3.8) is 0 Å². The molecule has 1 heterocycles. The van der Waals surface area contributed by atoms with Crippen molar-refractivity contribution in [2.24, 2.45) is 4.99 Å². The number of nitrogens with zero attached hydrogens (tertiary/aromatic N) is 4. The number of anilines is 1. The van der Waals surface area contributed by atoms with E-state index in [2.05, 4.69) is 22.0 Å². The van der Waals surface area contributed by atoms with Crippen LogP contribution >= 0.6 is 0 Å². The third kappa shape index (κ3) is 2.08. The van der Waals surface area contributed by atoms with Crippen LogP contribution in [0.1, 0.15) is 11.3 Å². The molecule has 0 unspecified atom stereocenters. The largest absolute Gasteiger partial charge is 0.382 e. The van der Waals surface area contributed by atoms with Gasteiger partial charge in [0, 0.05) is 0 Å². The van der Waals surface area contributed by atoms with E-state index in [1.54, 1.807) is 4.68 Å². The molecule has 2 aromatic rings. The van der Waals surface area contributed by atoms with E-state index in [0.717, 1.165) is 5.56 Å². The number of rotatable bonds is 4. The summed E-state index contributed by atoms with van der Waals surface area (Å²) in [5.74, 6) is 0.552. The molecule has 0 saturated heterocycles. The summed E-state index contributed by atoms with van der Waals surface area (Å²) in [6.07, 6.45) is 0. The van der Waals surface area contributed by atoms with Crippen LogP contribution in [0.5, 0.6) is 0 Å². The van der Waals surface area contributed by atoms with Crippen molar-refractivity contribution in [3.8, 4) is 0 Å². The Labute approximate surface area is 93.6 Å². The minimum absolute atomic E-state index is 0.403. The molecule has 0 atom stereocenters. The van der Waals surface area contributed by atoms with Crippen molar-refractivity contribution in [3.05, 3.63) is 41.6 Å². The molecule has 0 amide bonds. The third-order valence-corrected chi connectivity index (χ3v) is 2.28. The number of aliphatic imine (C=N–C) groups is 1. The van der Waals surface area contributed by atoms with E-state index in [1.165, 1.54) is 0 Å². The molecule has 5 heteroatoms. The van der Waals surface area contributed by atoms with E-state index in [9.17, 15) is 0 Å². The maximum atomic E-state index is 5.89. The number of nitrogens with two attached hydrogens (primary N) is 1. The van der Waals surface area contributed by atoms with Crippen LogP contribution in [0.4, 0.5) is 5.82 Å². The van der Waals surface area contributed by atoms with Gasteiger partial charge >= 0.3 is 0 Å². The minimum atomic E-state index is 0.403. The Hall–Kier alpha value is -2.17. The smallest absolute Gasteiger partial charge is 0.147 e. The van der Waals surface area contributed by atoms with Gasteiger partial charge in [0.25, 0.3) is 0 Å². The molecule has 0 spiro atoms. The Morgan fingerprint density at radius 2 is 2.06 bits per heavy atom. The maximum absolute atomic E-state index is 5.89. The average Bonchev–Trinajstić information content (AvgIpc) is 2.64. The molecule has 1 aromatic carbocycles. The van der Waals surface area contributed by atoms with E-state index in [4.69, 9.17) is 5.73 Å². The van der Waals surface area contributed by atoms with Gasteiger partial charge in [-0.05, 0) is 12.3 Å². The molecule has 5 nitrogen and oxygen atoms in total. The van der Waals surface area contributed by atoms with Crippen LogP contribution in [-0.2, 0) is 13.1 Å². The standard InChI is InChI=1S/C11H13N5/c1-13-7-10-11(12)16(15-14-10)8-9-5-3-2-4-6-9/h2-6H,1,7-8,12H2. The summed E-state index contributed by atoms with van der Waals surface area (Å²) in [6, 6.07) is 9.98. The maximum Gasteiger partial charge on any atom is 0.147 e. The van der Waals surface area contributed by atoms with Gasteiger partial charge in [-0.3, -0.25) is 4.99 Å². The fourth-order valence-electron chi connectivity index (χ4n) is 1.45. The monoisotopic (exact) mass is 215 g/mol. The van der Waals surface area contributed by atoms with Crippen molar-refractivity contribution >= 4 is 12.5 Å². The highest BCUT2D eigenvalue weighted by molar-refractivity contribution is 5.36. The summed E-state index contributed by atoms with van der Waals surface area (Å²) >= 11 is 0. The van der Waals surface area contributed by atoms with Gasteiger partial charge in [-0.1, -0.05) is 35.5 Å². The highest BCUT2D eigenvalue weighted by Crippen LogP contribution is 2.11. The lowest BCUT2D eigenvalue weighted by atomic mass is 10.2. The fraction of sp³-hybridized carbons (Fsp3) is 0.182. The van der Waals surface area contributed by atoms with Gasteiger partial charge in [-0.15, -0.1) is 5.10 Å². The van der Waals surface area contributed by atoms with E-state index in [-0.39, 0.29) is 0 Å². The molecule has 2 rings (SSSR count). The molecule has 0 aliphatic heterocycles. The molecule has 0 fully saturated rings. The van der Waals surface area contributed by atoms with Gasteiger partial charge in [0.05, 0.1) is 13.1 Å². The summed E-state index contributed by atoms with van der Waals surface area (Å²) in [7, 11) is 0. The van der Waals surface area contributed by atoms with E-state index >= 15 is 0 Å². The predicted molar refractivity (Wildman–Crippen MR) is 63.2 cm³/mol. The number of hydrogen-bond donors (Lipinski definition) is 1. The van der Waals surface area contributed by atoms with Gasteiger partial charge in [0.15, 0.2) is 0 Å². The molecule has 0 bridgehead atoms. The van der Waals surface area contributed by atoms with Crippen LogP contribution in [-0.4, -0.2) is 21.7 Å². The average molecular weight is 215 g/mol. The zero-order chi connectivity index (χ0) is 11.4. The second-order valence-electron chi connectivity index (χ2n) is 3.45. The van der Waals surface area contributed by atoms with Crippen LogP contribution in [0.2, 0.25) is 0 Å². The van der Waals surface area contributed by atoms with Gasteiger partial charge in [0.1, 0.15) is 11.5 Å². The van der Waals surface area contributed by atoms with E-state index < -0.39 is 0 Å². The van der Waals surface area contributed by atoms with Crippen molar-refractivity contribution in [2.45, 2.75) is 13.1 Å². The molecule has 16 heavy (non-hydrogen) atoms. The number of hydrogen-bond acceptors (Lipinski definition) is 4. The van der Waals surface area contributed by atoms with E-state index in [0.29, 0.717) is 24.6 Å². The zero-order valence-electron chi connectivity index (χ0n) is 8.87. The predicted octanol–water partition coefficient (Wildman–Crippen LogP) is 1.11. The first-order valence-electron chi connectivity index (χ1n) is 4.95.